The molecule has 2 aromatic rings. The first kappa shape index (κ1) is 23.9. The first-order valence-corrected chi connectivity index (χ1v) is 13.8. The molecule has 2 heterocycles. The fraction of sp³-hybridized carbons (Fsp3) is 0.556. The monoisotopic (exact) mass is 471 g/mol. The molecule has 1 saturated heterocycles. The number of benzene rings is 2. The molecule has 0 saturated carbocycles. The standard InChI is InChI=1S/C27H38NO2PS/c1-18-14-20(26(3,4)5)24-22(16-18)32-23-17-19(2)15-21(27(6,7)8)25(23)30-31(29-24)28-12-10-9-11-13-28/h14-17H,9-13H2,1-8H3. The van der Waals surface area contributed by atoms with Gasteiger partial charge in [0.2, 0.25) is 0 Å². The second-order valence-electron chi connectivity index (χ2n) is 11.3. The molecular weight excluding hydrogens is 433 g/mol. The van der Waals surface area contributed by atoms with E-state index in [2.05, 4.69) is 84.3 Å². The molecule has 0 radical (unpaired) electrons. The van der Waals surface area contributed by atoms with Crippen LogP contribution in [0.1, 0.15) is 83.1 Å². The van der Waals surface area contributed by atoms with E-state index in [1.54, 1.807) is 11.8 Å². The van der Waals surface area contributed by atoms with Crippen molar-refractivity contribution in [2.75, 3.05) is 13.1 Å². The van der Waals surface area contributed by atoms with Crippen molar-refractivity contribution in [1.29, 1.82) is 0 Å². The topological polar surface area (TPSA) is 21.7 Å². The summed E-state index contributed by atoms with van der Waals surface area (Å²) in [7, 11) is -1.23. The summed E-state index contributed by atoms with van der Waals surface area (Å²) in [6.07, 6.45) is 3.71. The highest BCUT2D eigenvalue weighted by Crippen LogP contribution is 2.57. The zero-order valence-electron chi connectivity index (χ0n) is 21.0. The van der Waals surface area contributed by atoms with Crippen molar-refractivity contribution < 1.29 is 9.05 Å². The summed E-state index contributed by atoms with van der Waals surface area (Å²) in [5, 5.41) is 0. The predicted molar refractivity (Wildman–Crippen MR) is 137 cm³/mol. The average molecular weight is 472 g/mol. The highest BCUT2D eigenvalue weighted by atomic mass is 32.2. The summed E-state index contributed by atoms with van der Waals surface area (Å²) < 4.78 is 16.2. The van der Waals surface area contributed by atoms with Gasteiger partial charge in [0, 0.05) is 24.2 Å². The maximum Gasteiger partial charge on any atom is 0.384 e. The van der Waals surface area contributed by atoms with E-state index in [4.69, 9.17) is 9.05 Å². The molecule has 1 fully saturated rings. The summed E-state index contributed by atoms with van der Waals surface area (Å²) >= 11 is 1.80. The third-order valence-corrected chi connectivity index (χ3v) is 8.72. The molecule has 0 amide bonds. The van der Waals surface area contributed by atoms with Gasteiger partial charge in [-0.1, -0.05) is 71.9 Å². The van der Waals surface area contributed by atoms with E-state index < -0.39 is 8.53 Å². The minimum absolute atomic E-state index is 0.00916. The van der Waals surface area contributed by atoms with E-state index in [0.29, 0.717) is 0 Å². The van der Waals surface area contributed by atoms with Crippen molar-refractivity contribution in [2.24, 2.45) is 0 Å². The first-order chi connectivity index (χ1) is 14.9. The molecule has 174 valence electrons. The van der Waals surface area contributed by atoms with E-state index >= 15 is 0 Å². The largest absolute Gasteiger partial charge is 0.425 e. The van der Waals surface area contributed by atoms with Crippen molar-refractivity contribution >= 4 is 20.3 Å². The fourth-order valence-electron chi connectivity index (χ4n) is 4.38. The second-order valence-corrected chi connectivity index (χ2v) is 13.8. The van der Waals surface area contributed by atoms with Crippen LogP contribution in [0.3, 0.4) is 0 Å². The van der Waals surface area contributed by atoms with Crippen LogP contribution in [-0.2, 0) is 10.8 Å². The molecular formula is C27H38NO2PS. The zero-order chi connectivity index (χ0) is 23.3. The van der Waals surface area contributed by atoms with Crippen LogP contribution >= 0.6 is 20.3 Å². The fourth-order valence-corrected chi connectivity index (χ4v) is 7.31. The highest BCUT2D eigenvalue weighted by Gasteiger charge is 2.35. The van der Waals surface area contributed by atoms with Gasteiger partial charge < -0.3 is 9.05 Å². The number of fused-ring (bicyclic) bond motifs is 2. The van der Waals surface area contributed by atoms with Crippen LogP contribution in [0.2, 0.25) is 0 Å². The molecule has 0 unspecified atom stereocenters. The third-order valence-electron chi connectivity index (χ3n) is 6.14. The zero-order valence-corrected chi connectivity index (χ0v) is 22.7. The van der Waals surface area contributed by atoms with Crippen molar-refractivity contribution in [3.05, 3.63) is 46.5 Å². The lowest BCUT2D eigenvalue weighted by atomic mass is 9.85. The van der Waals surface area contributed by atoms with Crippen molar-refractivity contribution in [1.82, 2.24) is 4.67 Å². The van der Waals surface area contributed by atoms with Gasteiger partial charge in [0.25, 0.3) is 0 Å². The lowest BCUT2D eigenvalue weighted by Gasteiger charge is -2.37. The molecule has 5 heteroatoms. The Labute approximate surface area is 200 Å². The summed E-state index contributed by atoms with van der Waals surface area (Å²) in [4.78, 5) is 2.41. The maximum absolute atomic E-state index is 6.89. The van der Waals surface area contributed by atoms with Crippen LogP contribution in [0.15, 0.2) is 34.1 Å². The summed E-state index contributed by atoms with van der Waals surface area (Å²) in [5.74, 6) is 2.02. The van der Waals surface area contributed by atoms with E-state index in [9.17, 15) is 0 Å². The SMILES string of the molecule is Cc1cc2c(c(C(C)(C)C)c1)OP(N1CCCCC1)Oc1c(cc(C)cc1C(C)(C)C)S2. The Bertz CT molecular complexity index is 929. The van der Waals surface area contributed by atoms with Crippen molar-refractivity contribution in [3.63, 3.8) is 0 Å². The Balaban J connectivity index is 1.94. The summed E-state index contributed by atoms with van der Waals surface area (Å²) in [6.45, 7) is 20.1. The lowest BCUT2D eigenvalue weighted by molar-refractivity contribution is 0.300. The quantitative estimate of drug-likeness (QED) is 0.388. The van der Waals surface area contributed by atoms with Gasteiger partial charge in [0.1, 0.15) is 11.5 Å². The van der Waals surface area contributed by atoms with Gasteiger partial charge in [-0.25, -0.2) is 4.67 Å². The number of hydrogen-bond donors (Lipinski definition) is 0. The molecule has 32 heavy (non-hydrogen) atoms. The van der Waals surface area contributed by atoms with E-state index in [1.165, 1.54) is 51.3 Å². The normalized spacial score (nSPS) is 18.1. The van der Waals surface area contributed by atoms with Crippen LogP contribution in [-0.4, -0.2) is 17.8 Å². The number of piperidine rings is 1. The Hall–Kier alpha value is -1.22. The van der Waals surface area contributed by atoms with Crippen LogP contribution in [0, 0.1) is 13.8 Å². The van der Waals surface area contributed by atoms with E-state index in [-0.39, 0.29) is 10.8 Å². The van der Waals surface area contributed by atoms with Crippen LogP contribution in [0.4, 0.5) is 0 Å². The molecule has 0 N–H and O–H groups in total. The molecule has 2 aromatic carbocycles. The molecule has 0 bridgehead atoms. The minimum atomic E-state index is -1.23. The van der Waals surface area contributed by atoms with Gasteiger partial charge in [-0.3, -0.25) is 0 Å². The molecule has 0 spiro atoms. The highest BCUT2D eigenvalue weighted by molar-refractivity contribution is 7.99. The van der Waals surface area contributed by atoms with E-state index in [1.807, 2.05) is 0 Å². The van der Waals surface area contributed by atoms with Gasteiger partial charge in [0.05, 0.1) is 9.79 Å². The number of nitrogens with zero attached hydrogens (tertiary/aromatic N) is 1. The third kappa shape index (κ3) is 4.98. The van der Waals surface area contributed by atoms with Crippen molar-refractivity contribution in [2.45, 2.75) is 95.3 Å². The van der Waals surface area contributed by atoms with Crippen LogP contribution in [0.25, 0.3) is 0 Å². The van der Waals surface area contributed by atoms with Crippen LogP contribution < -0.4 is 9.05 Å². The van der Waals surface area contributed by atoms with Crippen LogP contribution in [0.5, 0.6) is 11.5 Å². The molecule has 2 aliphatic heterocycles. The molecule has 0 atom stereocenters. The predicted octanol–water partition coefficient (Wildman–Crippen LogP) is 8.53. The Kier molecular flexibility index (Phi) is 6.62. The molecule has 4 rings (SSSR count). The summed E-state index contributed by atoms with van der Waals surface area (Å²) in [5.41, 5.74) is 5.06. The smallest absolute Gasteiger partial charge is 0.384 e. The van der Waals surface area contributed by atoms with E-state index in [0.717, 1.165) is 24.6 Å². The number of rotatable bonds is 1. The minimum Gasteiger partial charge on any atom is -0.425 e. The Morgan fingerprint density at radius 1 is 0.719 bits per heavy atom. The number of hydrogen-bond acceptors (Lipinski definition) is 4. The number of aryl methyl sites for hydroxylation is 2. The first-order valence-electron chi connectivity index (χ1n) is 11.8. The van der Waals surface area contributed by atoms with Gasteiger partial charge in [0.15, 0.2) is 0 Å². The molecule has 3 nitrogen and oxygen atoms in total. The maximum atomic E-state index is 6.89. The molecule has 0 aromatic heterocycles. The Morgan fingerprint density at radius 3 is 1.56 bits per heavy atom. The van der Waals surface area contributed by atoms with Gasteiger partial charge >= 0.3 is 8.53 Å². The Morgan fingerprint density at radius 2 is 1.16 bits per heavy atom. The summed E-state index contributed by atoms with van der Waals surface area (Å²) in [6, 6.07) is 9.16. The molecule has 0 aliphatic carbocycles. The molecule has 2 aliphatic rings. The second kappa shape index (κ2) is 8.85. The average Bonchev–Trinajstić information content (AvgIpc) is 2.67. The van der Waals surface area contributed by atoms with Gasteiger partial charge in [-0.2, -0.15) is 0 Å². The lowest BCUT2D eigenvalue weighted by Crippen LogP contribution is -2.29. The van der Waals surface area contributed by atoms with Crippen molar-refractivity contribution in [3.8, 4) is 11.5 Å². The van der Waals surface area contributed by atoms with Gasteiger partial charge in [-0.05, 0) is 60.8 Å². The van der Waals surface area contributed by atoms with Gasteiger partial charge in [-0.15, -0.1) is 0 Å².